The Labute approximate surface area is 190 Å². The van der Waals surface area contributed by atoms with E-state index in [9.17, 15) is 4.79 Å². The number of aromatic nitrogens is 6. The predicted molar refractivity (Wildman–Crippen MR) is 124 cm³/mol. The van der Waals surface area contributed by atoms with E-state index in [1.807, 2.05) is 44.5 Å². The lowest BCUT2D eigenvalue weighted by atomic mass is 10.1. The lowest BCUT2D eigenvalue weighted by molar-refractivity contribution is 0.0734. The number of carbonyl (C=O) groups is 1. The van der Waals surface area contributed by atoms with Crippen LogP contribution in [-0.2, 0) is 13.0 Å². The van der Waals surface area contributed by atoms with Gasteiger partial charge in [-0.2, -0.15) is 10.2 Å². The van der Waals surface area contributed by atoms with Gasteiger partial charge in [0.1, 0.15) is 0 Å². The molecule has 1 fully saturated rings. The highest BCUT2D eigenvalue weighted by Gasteiger charge is 2.27. The first-order valence-electron chi connectivity index (χ1n) is 11.3. The van der Waals surface area contributed by atoms with E-state index in [0.717, 1.165) is 23.3 Å². The van der Waals surface area contributed by atoms with Crippen molar-refractivity contribution in [2.45, 2.75) is 38.6 Å². The smallest absolute Gasteiger partial charge is 0.258 e. The molecule has 1 aliphatic carbocycles. The summed E-state index contributed by atoms with van der Waals surface area (Å²) in [5, 5.41) is 8.48. The number of hydrogen-bond donors (Lipinski definition) is 1. The van der Waals surface area contributed by atoms with Gasteiger partial charge in [0, 0.05) is 31.6 Å². The van der Waals surface area contributed by atoms with Gasteiger partial charge in [0.25, 0.3) is 5.91 Å². The van der Waals surface area contributed by atoms with Crippen LogP contribution in [0.1, 0.15) is 51.6 Å². The first-order valence-corrected chi connectivity index (χ1v) is 11.3. The molecule has 0 aromatic carbocycles. The highest BCUT2D eigenvalue weighted by molar-refractivity contribution is 6.00. The van der Waals surface area contributed by atoms with E-state index in [4.69, 9.17) is 0 Å². The summed E-state index contributed by atoms with van der Waals surface area (Å²) in [6.45, 7) is 3.37. The zero-order valence-corrected chi connectivity index (χ0v) is 18.5. The van der Waals surface area contributed by atoms with Gasteiger partial charge in [-0.1, -0.05) is 12.1 Å². The third kappa shape index (κ3) is 3.67. The van der Waals surface area contributed by atoms with Gasteiger partial charge in [-0.25, -0.2) is 14.0 Å². The molecule has 0 atom stereocenters. The second-order valence-corrected chi connectivity index (χ2v) is 8.78. The molecule has 1 aliphatic heterocycles. The quantitative estimate of drug-likeness (QED) is 0.454. The van der Waals surface area contributed by atoms with Crippen LogP contribution in [0.2, 0.25) is 0 Å². The lowest BCUT2D eigenvalue weighted by Gasteiger charge is -2.25. The summed E-state index contributed by atoms with van der Waals surface area (Å²) >= 11 is 0. The van der Waals surface area contributed by atoms with E-state index in [1.165, 1.54) is 29.5 Å². The molecule has 7 rings (SSSR count). The van der Waals surface area contributed by atoms with Gasteiger partial charge in [0.2, 0.25) is 0 Å². The van der Waals surface area contributed by atoms with Gasteiger partial charge < -0.3 is 9.88 Å². The molecule has 6 heterocycles. The zero-order valence-electron chi connectivity index (χ0n) is 18.5. The minimum Gasteiger partial charge on any atom is -0.347 e. The van der Waals surface area contributed by atoms with Crippen LogP contribution in [0.5, 0.6) is 0 Å². The number of rotatable bonds is 2. The van der Waals surface area contributed by atoms with Gasteiger partial charge in [-0.05, 0) is 55.0 Å². The average Bonchev–Trinajstić information content (AvgIpc) is 3.23. The average molecular weight is 440 g/mol. The molecule has 8 nitrogen and oxygen atoms in total. The summed E-state index contributed by atoms with van der Waals surface area (Å²) in [6.07, 6.45) is 12.5. The maximum atomic E-state index is 12.9. The third-order valence-corrected chi connectivity index (χ3v) is 6.53. The van der Waals surface area contributed by atoms with Gasteiger partial charge in [0.15, 0.2) is 0 Å². The van der Waals surface area contributed by atoms with Crippen LogP contribution in [0, 0.1) is 6.92 Å². The number of fused-ring (bicyclic) bond motifs is 3. The summed E-state index contributed by atoms with van der Waals surface area (Å²) < 4.78 is 3.71. The number of nitrogens with one attached hydrogen (secondary N) is 1. The van der Waals surface area contributed by atoms with Crippen molar-refractivity contribution in [2.24, 2.45) is 0 Å². The molecule has 1 amide bonds. The molecule has 33 heavy (non-hydrogen) atoms. The van der Waals surface area contributed by atoms with E-state index < -0.39 is 0 Å². The Hall–Kier alpha value is -3.94. The van der Waals surface area contributed by atoms with Crippen LogP contribution < -0.4 is 0 Å². The standard InChI is InChI=1S/C17H17N5O.C8H8N2/c23-17(21-6-5-14-15(9-21)19-10-18-14)13-7-20-22-8-12(11-1-2-11)3-4-16(13)22;1-7-3-2-6-10-8(7)4-5-9-10/h3-4,7-8,10-11H,1-2,5-6,9H2,(H,18,19);2-6H,1H3. The predicted octanol–water partition coefficient (Wildman–Crippen LogP) is 3.78. The first-order chi connectivity index (χ1) is 16.2. The van der Waals surface area contributed by atoms with Crippen LogP contribution in [0.3, 0.4) is 0 Å². The summed E-state index contributed by atoms with van der Waals surface area (Å²) in [4.78, 5) is 22.2. The van der Waals surface area contributed by atoms with Crippen LogP contribution in [0.25, 0.3) is 11.0 Å². The van der Waals surface area contributed by atoms with Gasteiger partial charge in [-0.15, -0.1) is 0 Å². The van der Waals surface area contributed by atoms with E-state index >= 15 is 0 Å². The summed E-state index contributed by atoms with van der Waals surface area (Å²) in [5.41, 5.74) is 7.44. The molecule has 0 saturated heterocycles. The van der Waals surface area contributed by atoms with Crippen molar-refractivity contribution in [1.29, 1.82) is 0 Å². The maximum absolute atomic E-state index is 12.9. The normalized spacial score (nSPS) is 15.4. The Morgan fingerprint density at radius 3 is 2.85 bits per heavy atom. The SMILES string of the molecule is Cc1cccn2nccc12.O=C(c1cnn2cc(C3CC3)ccc12)N1CCc2nc[nH]c2C1. The van der Waals surface area contributed by atoms with Gasteiger partial charge in [0.05, 0.1) is 47.1 Å². The summed E-state index contributed by atoms with van der Waals surface area (Å²) in [7, 11) is 0. The topological polar surface area (TPSA) is 83.6 Å². The minimum absolute atomic E-state index is 0.0411. The summed E-state index contributed by atoms with van der Waals surface area (Å²) in [5.74, 6) is 0.725. The van der Waals surface area contributed by atoms with E-state index in [0.29, 0.717) is 24.6 Å². The lowest BCUT2D eigenvalue weighted by Crippen LogP contribution is -2.36. The molecule has 0 spiro atoms. The van der Waals surface area contributed by atoms with Crippen molar-refractivity contribution < 1.29 is 4.79 Å². The largest absolute Gasteiger partial charge is 0.347 e. The minimum atomic E-state index is 0.0411. The fraction of sp³-hybridized carbons (Fsp3) is 0.280. The third-order valence-electron chi connectivity index (χ3n) is 6.53. The number of pyridine rings is 2. The van der Waals surface area contributed by atoms with Crippen LogP contribution in [0.4, 0.5) is 0 Å². The van der Waals surface area contributed by atoms with Crippen molar-refractivity contribution in [3.05, 3.63) is 89.5 Å². The van der Waals surface area contributed by atoms with Crippen molar-refractivity contribution >= 4 is 16.9 Å². The number of imidazole rings is 1. The van der Waals surface area contributed by atoms with Gasteiger partial charge in [-0.3, -0.25) is 4.79 Å². The van der Waals surface area contributed by atoms with Crippen molar-refractivity contribution in [3.8, 4) is 0 Å². The second-order valence-electron chi connectivity index (χ2n) is 8.78. The molecule has 5 aromatic heterocycles. The molecule has 0 bridgehead atoms. The number of hydrogen-bond acceptors (Lipinski definition) is 4. The molecule has 0 unspecified atom stereocenters. The molecule has 1 N–H and O–H groups in total. The molecular weight excluding hydrogens is 414 g/mol. The number of aryl methyl sites for hydroxylation is 1. The van der Waals surface area contributed by atoms with E-state index in [1.54, 1.807) is 12.5 Å². The molecule has 166 valence electrons. The van der Waals surface area contributed by atoms with Crippen LogP contribution >= 0.6 is 0 Å². The summed E-state index contributed by atoms with van der Waals surface area (Å²) in [6, 6.07) is 10.2. The van der Waals surface area contributed by atoms with Crippen molar-refractivity contribution in [3.63, 3.8) is 0 Å². The highest BCUT2D eigenvalue weighted by atomic mass is 16.2. The van der Waals surface area contributed by atoms with Gasteiger partial charge >= 0.3 is 0 Å². The van der Waals surface area contributed by atoms with E-state index in [2.05, 4.69) is 45.4 Å². The molecule has 1 saturated carbocycles. The Kier molecular flexibility index (Phi) is 4.71. The number of aromatic amines is 1. The fourth-order valence-electron chi connectivity index (χ4n) is 4.48. The second kappa shape index (κ2) is 7.88. The molecular formula is C25H25N7O. The monoisotopic (exact) mass is 439 g/mol. The first kappa shape index (κ1) is 19.7. The van der Waals surface area contributed by atoms with Crippen molar-refractivity contribution in [2.75, 3.05) is 6.54 Å². The number of H-pyrrole nitrogens is 1. The number of nitrogens with zero attached hydrogens (tertiary/aromatic N) is 6. The Bertz CT molecular complexity index is 1460. The highest BCUT2D eigenvalue weighted by Crippen LogP contribution is 2.40. The zero-order chi connectivity index (χ0) is 22.4. The fourth-order valence-corrected chi connectivity index (χ4v) is 4.48. The van der Waals surface area contributed by atoms with E-state index in [-0.39, 0.29) is 5.91 Å². The molecule has 2 aliphatic rings. The Morgan fingerprint density at radius 2 is 2.00 bits per heavy atom. The molecule has 8 heteroatoms. The number of carbonyl (C=O) groups excluding carboxylic acids is 1. The molecule has 0 radical (unpaired) electrons. The Balaban J connectivity index is 0.000000173. The van der Waals surface area contributed by atoms with Crippen LogP contribution in [0.15, 0.2) is 61.4 Å². The molecule has 5 aromatic rings. The Morgan fingerprint density at radius 1 is 1.09 bits per heavy atom. The van der Waals surface area contributed by atoms with Crippen molar-refractivity contribution in [1.82, 2.24) is 34.1 Å². The van der Waals surface area contributed by atoms with Crippen LogP contribution in [-0.4, -0.2) is 46.5 Å². The maximum Gasteiger partial charge on any atom is 0.258 e. The number of amides is 1.